The van der Waals surface area contributed by atoms with E-state index in [4.69, 9.17) is 0 Å². The number of likely N-dealkylation sites (N-methyl/N-ethyl adjacent to an activating group) is 1. The predicted octanol–water partition coefficient (Wildman–Crippen LogP) is 0.941. The standard InChI is InChI=1S/C13H18N2O2/c1-15-6-5-11-7-10(3-4-12(11)15)8-14-9-13(16)17-2/h3-4,7,14H,5-6,8-9H2,1-2H3. The van der Waals surface area contributed by atoms with Crippen LogP contribution < -0.4 is 10.2 Å². The predicted molar refractivity (Wildman–Crippen MR) is 67.1 cm³/mol. The number of anilines is 1. The van der Waals surface area contributed by atoms with Crippen molar-refractivity contribution < 1.29 is 9.53 Å². The molecule has 0 spiro atoms. The van der Waals surface area contributed by atoms with Crippen molar-refractivity contribution in [2.24, 2.45) is 0 Å². The third-order valence-electron chi connectivity index (χ3n) is 3.10. The number of nitrogens with zero attached hydrogens (tertiary/aromatic N) is 1. The van der Waals surface area contributed by atoms with E-state index in [9.17, 15) is 4.79 Å². The summed E-state index contributed by atoms with van der Waals surface area (Å²) in [5, 5.41) is 3.07. The van der Waals surface area contributed by atoms with Crippen molar-refractivity contribution in [1.82, 2.24) is 5.32 Å². The topological polar surface area (TPSA) is 41.6 Å². The number of benzene rings is 1. The van der Waals surface area contributed by atoms with Gasteiger partial charge in [0.2, 0.25) is 0 Å². The van der Waals surface area contributed by atoms with Crippen molar-refractivity contribution in [3.63, 3.8) is 0 Å². The molecule has 0 amide bonds. The fraction of sp³-hybridized carbons (Fsp3) is 0.462. The van der Waals surface area contributed by atoms with Crippen LogP contribution in [0.15, 0.2) is 18.2 Å². The molecule has 17 heavy (non-hydrogen) atoms. The average Bonchev–Trinajstić information content (AvgIpc) is 2.70. The van der Waals surface area contributed by atoms with Crippen LogP contribution in [0.1, 0.15) is 11.1 Å². The Bertz CT molecular complexity index is 418. The average molecular weight is 234 g/mol. The lowest BCUT2D eigenvalue weighted by atomic mass is 10.1. The molecule has 0 saturated carbocycles. The summed E-state index contributed by atoms with van der Waals surface area (Å²) in [6.07, 6.45) is 1.11. The first-order valence-corrected chi connectivity index (χ1v) is 5.81. The Hall–Kier alpha value is -1.55. The van der Waals surface area contributed by atoms with Gasteiger partial charge in [-0.15, -0.1) is 0 Å². The second kappa shape index (κ2) is 5.19. The largest absolute Gasteiger partial charge is 0.468 e. The summed E-state index contributed by atoms with van der Waals surface area (Å²) >= 11 is 0. The van der Waals surface area contributed by atoms with Crippen molar-refractivity contribution >= 4 is 11.7 Å². The Kier molecular flexibility index (Phi) is 3.64. The van der Waals surface area contributed by atoms with E-state index in [-0.39, 0.29) is 12.5 Å². The van der Waals surface area contributed by atoms with Gasteiger partial charge in [0.1, 0.15) is 0 Å². The highest BCUT2D eigenvalue weighted by atomic mass is 16.5. The highest BCUT2D eigenvalue weighted by molar-refractivity contribution is 5.71. The third-order valence-corrected chi connectivity index (χ3v) is 3.10. The highest BCUT2D eigenvalue weighted by Gasteiger charge is 2.15. The molecule has 0 aliphatic carbocycles. The van der Waals surface area contributed by atoms with Gasteiger partial charge in [0, 0.05) is 25.8 Å². The summed E-state index contributed by atoms with van der Waals surface area (Å²) in [6, 6.07) is 6.46. The van der Waals surface area contributed by atoms with E-state index >= 15 is 0 Å². The van der Waals surface area contributed by atoms with E-state index in [1.54, 1.807) is 0 Å². The molecule has 0 unspecified atom stereocenters. The van der Waals surface area contributed by atoms with E-state index < -0.39 is 0 Å². The lowest BCUT2D eigenvalue weighted by molar-refractivity contribution is -0.139. The van der Waals surface area contributed by atoms with Crippen LogP contribution in [0.2, 0.25) is 0 Å². The van der Waals surface area contributed by atoms with Crippen molar-refractivity contribution in [2.75, 3.05) is 32.1 Å². The molecule has 4 heteroatoms. The fourth-order valence-electron chi connectivity index (χ4n) is 2.11. The normalized spacial score (nSPS) is 13.6. The Labute approximate surface area is 102 Å². The van der Waals surface area contributed by atoms with E-state index in [2.05, 4.69) is 40.2 Å². The maximum atomic E-state index is 10.9. The summed E-state index contributed by atoms with van der Waals surface area (Å²) in [5.74, 6) is -0.231. The van der Waals surface area contributed by atoms with Crippen LogP contribution >= 0.6 is 0 Å². The molecular weight excluding hydrogens is 216 g/mol. The second-order valence-electron chi connectivity index (χ2n) is 4.31. The molecule has 1 N–H and O–H groups in total. The summed E-state index contributed by atoms with van der Waals surface area (Å²) in [6.45, 7) is 2.05. The van der Waals surface area contributed by atoms with E-state index in [0.29, 0.717) is 6.54 Å². The van der Waals surface area contributed by atoms with Crippen LogP contribution in [0, 0.1) is 0 Å². The van der Waals surface area contributed by atoms with Crippen LogP contribution in [-0.2, 0) is 22.5 Å². The van der Waals surface area contributed by atoms with Gasteiger partial charge in [0.05, 0.1) is 13.7 Å². The molecule has 0 aromatic heterocycles. The molecule has 92 valence electrons. The molecule has 1 aliphatic heterocycles. The zero-order chi connectivity index (χ0) is 12.3. The number of carbonyl (C=O) groups is 1. The Morgan fingerprint density at radius 1 is 1.53 bits per heavy atom. The van der Waals surface area contributed by atoms with E-state index in [0.717, 1.165) is 13.0 Å². The Morgan fingerprint density at radius 3 is 3.12 bits per heavy atom. The Balaban J connectivity index is 1.92. The number of nitrogens with one attached hydrogen (secondary N) is 1. The molecule has 4 nitrogen and oxygen atoms in total. The van der Waals surface area contributed by atoms with Gasteiger partial charge in [0.15, 0.2) is 0 Å². The number of carbonyl (C=O) groups excluding carboxylic acids is 1. The minimum atomic E-state index is -0.231. The minimum Gasteiger partial charge on any atom is -0.468 e. The quantitative estimate of drug-likeness (QED) is 0.787. The number of methoxy groups -OCH3 is 1. The van der Waals surface area contributed by atoms with Gasteiger partial charge in [-0.25, -0.2) is 0 Å². The van der Waals surface area contributed by atoms with Gasteiger partial charge in [-0.3, -0.25) is 4.79 Å². The van der Waals surface area contributed by atoms with Gasteiger partial charge >= 0.3 is 5.97 Å². The number of ether oxygens (including phenoxy) is 1. The number of rotatable bonds is 4. The lowest BCUT2D eigenvalue weighted by Crippen LogP contribution is -2.23. The minimum absolute atomic E-state index is 0.231. The van der Waals surface area contributed by atoms with Gasteiger partial charge in [-0.05, 0) is 23.6 Å². The zero-order valence-electron chi connectivity index (χ0n) is 10.3. The first kappa shape index (κ1) is 11.9. The number of fused-ring (bicyclic) bond motifs is 1. The van der Waals surface area contributed by atoms with Crippen molar-refractivity contribution in [3.05, 3.63) is 29.3 Å². The molecular formula is C13H18N2O2. The second-order valence-corrected chi connectivity index (χ2v) is 4.31. The highest BCUT2D eigenvalue weighted by Crippen LogP contribution is 2.27. The van der Waals surface area contributed by atoms with Crippen molar-refractivity contribution in [2.45, 2.75) is 13.0 Å². The van der Waals surface area contributed by atoms with Crippen LogP contribution in [-0.4, -0.2) is 33.2 Å². The molecule has 0 saturated heterocycles. The number of hydrogen-bond donors (Lipinski definition) is 1. The zero-order valence-corrected chi connectivity index (χ0v) is 10.3. The molecule has 1 heterocycles. The third kappa shape index (κ3) is 2.77. The van der Waals surface area contributed by atoms with Gasteiger partial charge in [0.25, 0.3) is 0 Å². The molecule has 1 aromatic rings. The molecule has 1 aliphatic rings. The number of esters is 1. The molecule has 0 radical (unpaired) electrons. The van der Waals surface area contributed by atoms with Gasteiger partial charge in [-0.2, -0.15) is 0 Å². The smallest absolute Gasteiger partial charge is 0.319 e. The van der Waals surface area contributed by atoms with Crippen LogP contribution in [0.25, 0.3) is 0 Å². The maximum Gasteiger partial charge on any atom is 0.319 e. The Morgan fingerprint density at radius 2 is 2.35 bits per heavy atom. The molecule has 2 rings (SSSR count). The van der Waals surface area contributed by atoms with Gasteiger partial charge in [-0.1, -0.05) is 12.1 Å². The summed E-state index contributed by atoms with van der Waals surface area (Å²) < 4.78 is 4.57. The number of hydrogen-bond acceptors (Lipinski definition) is 4. The SMILES string of the molecule is COC(=O)CNCc1ccc2c(c1)CCN2C. The van der Waals surface area contributed by atoms with Crippen LogP contribution in [0.4, 0.5) is 5.69 Å². The summed E-state index contributed by atoms with van der Waals surface area (Å²) in [5.41, 5.74) is 3.93. The van der Waals surface area contributed by atoms with Crippen molar-refractivity contribution in [1.29, 1.82) is 0 Å². The van der Waals surface area contributed by atoms with Crippen LogP contribution in [0.5, 0.6) is 0 Å². The molecule has 1 aromatic carbocycles. The fourth-order valence-corrected chi connectivity index (χ4v) is 2.11. The summed E-state index contributed by atoms with van der Waals surface area (Å²) in [4.78, 5) is 13.2. The summed E-state index contributed by atoms with van der Waals surface area (Å²) in [7, 11) is 3.51. The van der Waals surface area contributed by atoms with Crippen LogP contribution in [0.3, 0.4) is 0 Å². The first-order chi connectivity index (χ1) is 8.20. The monoisotopic (exact) mass is 234 g/mol. The molecule has 0 atom stereocenters. The van der Waals surface area contributed by atoms with E-state index in [1.807, 2.05) is 0 Å². The van der Waals surface area contributed by atoms with Crippen molar-refractivity contribution in [3.8, 4) is 0 Å². The first-order valence-electron chi connectivity index (χ1n) is 5.81. The maximum absolute atomic E-state index is 10.9. The molecule has 0 fully saturated rings. The van der Waals surface area contributed by atoms with Gasteiger partial charge < -0.3 is 15.0 Å². The lowest BCUT2D eigenvalue weighted by Gasteiger charge is -2.12. The molecule has 0 bridgehead atoms. The van der Waals surface area contributed by atoms with E-state index in [1.165, 1.54) is 23.9 Å².